The fourth-order valence-electron chi connectivity index (χ4n) is 1.57. The largest absolute Gasteiger partial charge is 0.294 e. The molecule has 0 fully saturated rings. The number of anilines is 1. The number of nitrogens with zero attached hydrogens (tertiary/aromatic N) is 1. The molecule has 1 heterocycles. The van der Waals surface area contributed by atoms with Gasteiger partial charge in [-0.05, 0) is 19.1 Å². The van der Waals surface area contributed by atoms with Crippen LogP contribution in [0.1, 0.15) is 17.3 Å². The fourth-order valence-corrected chi connectivity index (χ4v) is 1.57. The van der Waals surface area contributed by atoms with Crippen LogP contribution in [-0.2, 0) is 0 Å². The highest BCUT2D eigenvalue weighted by Gasteiger charge is 2.29. The third kappa shape index (κ3) is 1.39. The predicted molar refractivity (Wildman–Crippen MR) is 52.1 cm³/mol. The van der Waals surface area contributed by atoms with Crippen LogP contribution >= 0.6 is 0 Å². The highest BCUT2D eigenvalue weighted by atomic mass is 16.3. The Morgan fingerprint density at radius 1 is 1.43 bits per heavy atom. The second-order valence-corrected chi connectivity index (χ2v) is 3.48. The third-order valence-electron chi connectivity index (χ3n) is 2.32. The molecule has 1 aromatic carbocycles. The van der Waals surface area contributed by atoms with Crippen molar-refractivity contribution in [2.45, 2.75) is 6.92 Å². The van der Waals surface area contributed by atoms with Gasteiger partial charge in [0, 0.05) is 5.56 Å². The first-order valence-electron chi connectivity index (χ1n) is 4.53. The predicted octanol–water partition coefficient (Wildman–Crippen LogP) is 1.62. The van der Waals surface area contributed by atoms with Gasteiger partial charge in [-0.15, -0.1) is 5.43 Å². The normalized spacial score (nSPS) is 21.1. The van der Waals surface area contributed by atoms with Crippen LogP contribution in [0.25, 0.3) is 0 Å². The van der Waals surface area contributed by atoms with Crippen molar-refractivity contribution in [3.63, 3.8) is 0 Å². The molecule has 72 valence electrons. The smallest absolute Gasteiger partial charge is 0.235 e. The molecule has 1 unspecified atom stereocenters. The van der Waals surface area contributed by atoms with E-state index < -0.39 is 0 Å². The minimum Gasteiger partial charge on any atom is -0.294 e. The maximum absolute atomic E-state index is 11.8. The highest BCUT2D eigenvalue weighted by molar-refractivity contribution is 6.02. The van der Waals surface area contributed by atoms with E-state index in [4.69, 9.17) is 0 Å². The highest BCUT2D eigenvalue weighted by Crippen LogP contribution is 2.21. The molecule has 0 aromatic heterocycles. The monoisotopic (exact) mass is 191 g/mol. The molecule has 0 saturated carbocycles. The van der Waals surface area contributed by atoms with Gasteiger partial charge in [0.15, 0.2) is 5.78 Å². The van der Waals surface area contributed by atoms with Crippen molar-refractivity contribution in [2.24, 2.45) is 5.92 Å². The number of ketones is 1. The quantitative estimate of drug-likeness (QED) is 0.634. The van der Waals surface area contributed by atoms with Gasteiger partial charge in [0.1, 0.15) is 10.6 Å². The van der Waals surface area contributed by atoms with E-state index in [0.717, 1.165) is 0 Å². The van der Waals surface area contributed by atoms with Gasteiger partial charge in [-0.2, -0.15) is 0 Å². The average Bonchev–Trinajstić information content (AvgIpc) is 2.26. The molecular formula is C10H11N2O2+. The van der Waals surface area contributed by atoms with Gasteiger partial charge in [-0.25, -0.2) is 0 Å². The fraction of sp³-hybridized carbons (Fsp3) is 0.300. The lowest BCUT2D eigenvalue weighted by molar-refractivity contribution is -0.521. The standard InChI is InChI=1S/C10H10N2O2/c1-7-6-12(14)11-9-5-3-2-4-8(9)10(7)13/h2-5,7H,6H2,1H3/p+1. The molecule has 1 aromatic rings. The van der Waals surface area contributed by atoms with Crippen molar-refractivity contribution in [1.29, 1.82) is 0 Å². The first kappa shape index (κ1) is 8.87. The van der Waals surface area contributed by atoms with E-state index in [0.29, 0.717) is 16.1 Å². The van der Waals surface area contributed by atoms with Crippen molar-refractivity contribution in [3.05, 3.63) is 34.7 Å². The number of rotatable bonds is 0. The SMILES string of the molecule is CC1C[N+](=O)Nc2ccccc2C1=O. The van der Waals surface area contributed by atoms with Gasteiger partial charge in [-0.3, -0.25) is 4.79 Å². The van der Waals surface area contributed by atoms with Crippen molar-refractivity contribution in [3.8, 4) is 0 Å². The zero-order valence-corrected chi connectivity index (χ0v) is 7.86. The average molecular weight is 191 g/mol. The number of hydrogen-bond donors (Lipinski definition) is 1. The summed E-state index contributed by atoms with van der Waals surface area (Å²) in [5.41, 5.74) is 3.83. The van der Waals surface area contributed by atoms with E-state index in [2.05, 4.69) is 5.43 Å². The summed E-state index contributed by atoms with van der Waals surface area (Å²) in [6.45, 7) is 1.95. The molecule has 0 radical (unpaired) electrons. The molecule has 1 aliphatic rings. The van der Waals surface area contributed by atoms with Gasteiger partial charge < -0.3 is 0 Å². The first-order valence-corrected chi connectivity index (χ1v) is 4.53. The molecule has 0 bridgehead atoms. The van der Waals surface area contributed by atoms with Crippen LogP contribution in [-0.4, -0.2) is 17.2 Å². The molecular weight excluding hydrogens is 180 g/mol. The van der Waals surface area contributed by atoms with E-state index in [9.17, 15) is 9.70 Å². The molecule has 4 heteroatoms. The molecule has 1 aliphatic heterocycles. The number of Topliss-reactive ketones (excluding diaryl/α,β-unsaturated/α-hetero) is 1. The van der Waals surface area contributed by atoms with E-state index in [1.807, 2.05) is 0 Å². The number of hydrogen-bond acceptors (Lipinski definition) is 2. The Morgan fingerprint density at radius 3 is 2.93 bits per heavy atom. The number of hydrazine groups is 1. The van der Waals surface area contributed by atoms with Crippen LogP contribution in [0.5, 0.6) is 0 Å². The Labute approximate surface area is 81.5 Å². The number of nitroso groups, excluding NO2 is 1. The molecule has 2 rings (SSSR count). The second kappa shape index (κ2) is 3.21. The van der Waals surface area contributed by atoms with Crippen molar-refractivity contribution >= 4 is 11.5 Å². The maximum atomic E-state index is 11.8. The van der Waals surface area contributed by atoms with Crippen LogP contribution in [0, 0.1) is 10.8 Å². The van der Waals surface area contributed by atoms with Crippen LogP contribution in [0.2, 0.25) is 0 Å². The number of para-hydroxylation sites is 1. The molecule has 1 N–H and O–H groups in total. The van der Waals surface area contributed by atoms with Crippen molar-refractivity contribution in [1.82, 2.24) is 0 Å². The minimum absolute atomic E-state index is 0.0199. The van der Waals surface area contributed by atoms with Gasteiger partial charge in [0.25, 0.3) is 0 Å². The van der Waals surface area contributed by atoms with Crippen LogP contribution in [0.15, 0.2) is 24.3 Å². The van der Waals surface area contributed by atoms with Gasteiger partial charge in [0.05, 0.1) is 10.8 Å². The molecule has 0 spiro atoms. The van der Waals surface area contributed by atoms with E-state index in [1.54, 1.807) is 31.2 Å². The number of carbonyl (C=O) groups is 1. The third-order valence-corrected chi connectivity index (χ3v) is 2.32. The Morgan fingerprint density at radius 2 is 2.14 bits per heavy atom. The van der Waals surface area contributed by atoms with Crippen molar-refractivity contribution in [2.75, 3.05) is 12.0 Å². The lowest BCUT2D eigenvalue weighted by atomic mass is 9.99. The van der Waals surface area contributed by atoms with Gasteiger partial charge in [0.2, 0.25) is 6.54 Å². The topological polar surface area (TPSA) is 49.2 Å². The summed E-state index contributed by atoms with van der Waals surface area (Å²) in [7, 11) is 0. The first-order chi connectivity index (χ1) is 6.68. The van der Waals surface area contributed by atoms with Gasteiger partial charge >= 0.3 is 0 Å². The molecule has 0 aliphatic carbocycles. The summed E-state index contributed by atoms with van der Waals surface area (Å²) in [6, 6.07) is 7.06. The van der Waals surface area contributed by atoms with Crippen LogP contribution in [0.3, 0.4) is 0 Å². The summed E-state index contributed by atoms with van der Waals surface area (Å²) in [5.74, 6) is -0.241. The molecule has 0 saturated heterocycles. The molecule has 14 heavy (non-hydrogen) atoms. The number of nitrogens with one attached hydrogen (secondary N) is 1. The minimum atomic E-state index is -0.261. The summed E-state index contributed by atoms with van der Waals surface area (Å²) in [6.07, 6.45) is 0. The lowest BCUT2D eigenvalue weighted by Crippen LogP contribution is -2.22. The van der Waals surface area contributed by atoms with E-state index >= 15 is 0 Å². The molecule has 4 nitrogen and oxygen atoms in total. The van der Waals surface area contributed by atoms with E-state index in [1.165, 1.54) is 0 Å². The number of fused-ring (bicyclic) bond motifs is 1. The summed E-state index contributed by atoms with van der Waals surface area (Å²) in [5, 5.41) is 0. The van der Waals surface area contributed by atoms with E-state index in [-0.39, 0.29) is 18.2 Å². The lowest BCUT2D eigenvalue weighted by Gasteiger charge is -2.01. The molecule has 1 atom stereocenters. The van der Waals surface area contributed by atoms with Crippen LogP contribution < -0.4 is 5.43 Å². The Hall–Kier alpha value is -1.71. The summed E-state index contributed by atoms with van der Waals surface area (Å²) < 4.78 is 0. The van der Waals surface area contributed by atoms with Gasteiger partial charge in [-0.1, -0.05) is 12.1 Å². The number of benzene rings is 1. The Balaban J connectivity index is 2.52. The van der Waals surface area contributed by atoms with Crippen LogP contribution in [0.4, 0.5) is 5.69 Å². The summed E-state index contributed by atoms with van der Waals surface area (Å²) in [4.78, 5) is 23.7. The zero-order chi connectivity index (χ0) is 10.1. The summed E-state index contributed by atoms with van der Waals surface area (Å²) >= 11 is 0. The maximum Gasteiger partial charge on any atom is 0.235 e. The zero-order valence-electron chi connectivity index (χ0n) is 7.86. The Bertz CT molecular complexity index is 401. The van der Waals surface area contributed by atoms with Crippen molar-refractivity contribution < 1.29 is 9.66 Å². The second-order valence-electron chi connectivity index (χ2n) is 3.48. The number of carbonyl (C=O) groups excluding carboxylic acids is 1. The molecule has 0 amide bonds. The Kier molecular flexibility index (Phi) is 2.04.